The topological polar surface area (TPSA) is 29.9 Å². The van der Waals surface area contributed by atoms with Crippen molar-refractivity contribution < 1.29 is 0 Å². The Hall–Kier alpha value is -1.51. The minimum atomic E-state index is 0.516. The SMILES string of the molecule is C[C@@H]1CNc2nc3ccccc3n21. The zero-order valence-electron chi connectivity index (χ0n) is 7.49. The quantitative estimate of drug-likeness (QED) is 0.660. The van der Waals surface area contributed by atoms with Crippen molar-refractivity contribution in [2.24, 2.45) is 0 Å². The lowest BCUT2D eigenvalue weighted by Gasteiger charge is -2.04. The standard InChI is InChI=1S/C10H11N3/c1-7-6-11-10-12-8-4-2-3-5-9(8)13(7)10/h2-5,7H,6H2,1H3,(H,11,12)/t7-/m1/s1. The summed E-state index contributed by atoms with van der Waals surface area (Å²) in [6.45, 7) is 3.20. The first kappa shape index (κ1) is 6.95. The Bertz CT molecular complexity index is 458. The van der Waals surface area contributed by atoms with Gasteiger partial charge in [0.25, 0.3) is 0 Å². The number of hydrogen-bond acceptors (Lipinski definition) is 2. The van der Waals surface area contributed by atoms with Crippen LogP contribution in [-0.2, 0) is 0 Å². The third-order valence-corrected chi connectivity index (χ3v) is 2.59. The van der Waals surface area contributed by atoms with Crippen molar-refractivity contribution in [1.29, 1.82) is 0 Å². The third-order valence-electron chi connectivity index (χ3n) is 2.59. The molecule has 0 aliphatic carbocycles. The second-order valence-electron chi connectivity index (χ2n) is 3.52. The summed E-state index contributed by atoms with van der Waals surface area (Å²) in [5, 5.41) is 3.29. The zero-order chi connectivity index (χ0) is 8.84. The Morgan fingerprint density at radius 1 is 1.46 bits per heavy atom. The summed E-state index contributed by atoms with van der Waals surface area (Å²) < 4.78 is 2.26. The lowest BCUT2D eigenvalue weighted by Crippen LogP contribution is -2.02. The lowest BCUT2D eigenvalue weighted by atomic mass is 10.3. The van der Waals surface area contributed by atoms with Gasteiger partial charge in [0.15, 0.2) is 0 Å². The first-order valence-electron chi connectivity index (χ1n) is 4.57. The molecule has 0 saturated heterocycles. The molecule has 0 bridgehead atoms. The van der Waals surface area contributed by atoms with Crippen LogP contribution in [0.1, 0.15) is 13.0 Å². The van der Waals surface area contributed by atoms with E-state index in [0.29, 0.717) is 6.04 Å². The van der Waals surface area contributed by atoms with Gasteiger partial charge in [-0.3, -0.25) is 0 Å². The van der Waals surface area contributed by atoms with Crippen molar-refractivity contribution >= 4 is 17.0 Å². The summed E-state index contributed by atoms with van der Waals surface area (Å²) in [5.74, 6) is 1.01. The average molecular weight is 173 g/mol. The number of benzene rings is 1. The van der Waals surface area contributed by atoms with E-state index in [1.807, 2.05) is 6.07 Å². The van der Waals surface area contributed by atoms with E-state index in [9.17, 15) is 0 Å². The fourth-order valence-electron chi connectivity index (χ4n) is 1.95. The van der Waals surface area contributed by atoms with Crippen molar-refractivity contribution in [3.8, 4) is 0 Å². The number of fused-ring (bicyclic) bond motifs is 3. The molecule has 66 valence electrons. The normalized spacial score (nSPS) is 20.2. The molecule has 0 amide bonds. The molecule has 0 radical (unpaired) electrons. The highest BCUT2D eigenvalue weighted by Gasteiger charge is 2.20. The molecular formula is C10H11N3. The number of nitrogens with zero attached hydrogens (tertiary/aromatic N) is 2. The molecule has 1 aromatic carbocycles. The van der Waals surface area contributed by atoms with Crippen LogP contribution in [0.5, 0.6) is 0 Å². The Balaban J connectivity index is 2.40. The molecule has 2 heterocycles. The predicted octanol–water partition coefficient (Wildman–Crippen LogP) is 2.02. The van der Waals surface area contributed by atoms with Gasteiger partial charge in [0.05, 0.1) is 17.1 Å². The molecular weight excluding hydrogens is 162 g/mol. The molecule has 0 fully saturated rings. The van der Waals surface area contributed by atoms with Crippen LogP contribution in [0.15, 0.2) is 24.3 Å². The molecule has 3 heteroatoms. The highest BCUT2D eigenvalue weighted by atomic mass is 15.3. The average Bonchev–Trinajstić information content (AvgIpc) is 2.66. The van der Waals surface area contributed by atoms with Crippen LogP contribution in [-0.4, -0.2) is 16.1 Å². The number of para-hydroxylation sites is 2. The van der Waals surface area contributed by atoms with E-state index in [-0.39, 0.29) is 0 Å². The van der Waals surface area contributed by atoms with E-state index in [0.717, 1.165) is 18.0 Å². The van der Waals surface area contributed by atoms with Gasteiger partial charge in [0.2, 0.25) is 5.95 Å². The van der Waals surface area contributed by atoms with Crippen molar-refractivity contribution in [1.82, 2.24) is 9.55 Å². The number of hydrogen-bond donors (Lipinski definition) is 1. The Kier molecular flexibility index (Phi) is 1.20. The van der Waals surface area contributed by atoms with E-state index in [1.54, 1.807) is 0 Å². The van der Waals surface area contributed by atoms with Gasteiger partial charge in [-0.15, -0.1) is 0 Å². The highest BCUT2D eigenvalue weighted by Crippen LogP contribution is 2.28. The van der Waals surface area contributed by atoms with Gasteiger partial charge in [0, 0.05) is 6.54 Å². The summed E-state index contributed by atoms with van der Waals surface area (Å²) in [5.41, 5.74) is 2.31. The first-order valence-corrected chi connectivity index (χ1v) is 4.57. The smallest absolute Gasteiger partial charge is 0.204 e. The summed E-state index contributed by atoms with van der Waals surface area (Å²) in [4.78, 5) is 4.50. The minimum absolute atomic E-state index is 0.516. The molecule has 0 unspecified atom stereocenters. The number of imidazole rings is 1. The van der Waals surface area contributed by atoms with Crippen molar-refractivity contribution in [3.05, 3.63) is 24.3 Å². The summed E-state index contributed by atoms with van der Waals surface area (Å²) in [6.07, 6.45) is 0. The Morgan fingerprint density at radius 3 is 3.23 bits per heavy atom. The number of aromatic nitrogens is 2. The molecule has 1 aliphatic heterocycles. The van der Waals surface area contributed by atoms with Crippen molar-refractivity contribution in [3.63, 3.8) is 0 Å². The molecule has 3 nitrogen and oxygen atoms in total. The largest absolute Gasteiger partial charge is 0.354 e. The lowest BCUT2D eigenvalue weighted by molar-refractivity contribution is 0.649. The van der Waals surface area contributed by atoms with Crippen LogP contribution in [0.2, 0.25) is 0 Å². The van der Waals surface area contributed by atoms with Crippen LogP contribution in [0.4, 0.5) is 5.95 Å². The van der Waals surface area contributed by atoms with E-state index < -0.39 is 0 Å². The van der Waals surface area contributed by atoms with Gasteiger partial charge < -0.3 is 9.88 Å². The number of anilines is 1. The summed E-state index contributed by atoms with van der Waals surface area (Å²) >= 11 is 0. The fraction of sp³-hybridized carbons (Fsp3) is 0.300. The van der Waals surface area contributed by atoms with Crippen molar-refractivity contribution in [2.45, 2.75) is 13.0 Å². The number of rotatable bonds is 0. The van der Waals surface area contributed by atoms with Gasteiger partial charge in [0.1, 0.15) is 0 Å². The van der Waals surface area contributed by atoms with Gasteiger partial charge in [-0.25, -0.2) is 4.98 Å². The molecule has 0 spiro atoms. The third kappa shape index (κ3) is 0.813. The van der Waals surface area contributed by atoms with Crippen LogP contribution in [0.3, 0.4) is 0 Å². The maximum absolute atomic E-state index is 4.50. The Morgan fingerprint density at radius 2 is 2.31 bits per heavy atom. The predicted molar refractivity (Wildman–Crippen MR) is 52.9 cm³/mol. The maximum Gasteiger partial charge on any atom is 0.204 e. The van der Waals surface area contributed by atoms with Gasteiger partial charge in [-0.1, -0.05) is 12.1 Å². The second-order valence-corrected chi connectivity index (χ2v) is 3.52. The van der Waals surface area contributed by atoms with Gasteiger partial charge in [-0.05, 0) is 19.1 Å². The Labute approximate surface area is 76.4 Å². The molecule has 13 heavy (non-hydrogen) atoms. The molecule has 1 aliphatic rings. The molecule has 3 rings (SSSR count). The minimum Gasteiger partial charge on any atom is -0.354 e. The first-order chi connectivity index (χ1) is 6.36. The molecule has 2 aromatic rings. The van der Waals surface area contributed by atoms with Gasteiger partial charge >= 0.3 is 0 Å². The molecule has 0 saturated carbocycles. The molecule has 1 aromatic heterocycles. The van der Waals surface area contributed by atoms with E-state index in [4.69, 9.17) is 0 Å². The van der Waals surface area contributed by atoms with Gasteiger partial charge in [-0.2, -0.15) is 0 Å². The summed E-state index contributed by atoms with van der Waals surface area (Å²) in [7, 11) is 0. The summed E-state index contributed by atoms with van der Waals surface area (Å²) in [6, 6.07) is 8.77. The van der Waals surface area contributed by atoms with E-state index in [1.165, 1.54) is 5.52 Å². The number of nitrogens with one attached hydrogen (secondary N) is 1. The fourth-order valence-corrected chi connectivity index (χ4v) is 1.95. The zero-order valence-corrected chi connectivity index (χ0v) is 7.49. The van der Waals surface area contributed by atoms with Crippen LogP contribution >= 0.6 is 0 Å². The van der Waals surface area contributed by atoms with Crippen LogP contribution < -0.4 is 5.32 Å². The monoisotopic (exact) mass is 173 g/mol. The van der Waals surface area contributed by atoms with Crippen LogP contribution in [0.25, 0.3) is 11.0 Å². The van der Waals surface area contributed by atoms with Crippen molar-refractivity contribution in [2.75, 3.05) is 11.9 Å². The molecule has 1 N–H and O–H groups in total. The van der Waals surface area contributed by atoms with E-state index in [2.05, 4.69) is 40.0 Å². The van der Waals surface area contributed by atoms with Crippen LogP contribution in [0, 0.1) is 0 Å². The second kappa shape index (κ2) is 2.25. The maximum atomic E-state index is 4.50. The molecule has 1 atom stereocenters. The highest BCUT2D eigenvalue weighted by molar-refractivity contribution is 5.79. The van der Waals surface area contributed by atoms with E-state index >= 15 is 0 Å².